The maximum atomic E-state index is 12.4. The second-order valence-electron chi connectivity index (χ2n) is 6.28. The number of carbonyl (C=O) groups is 2. The normalized spacial score (nSPS) is 16.4. The summed E-state index contributed by atoms with van der Waals surface area (Å²) in [4.78, 5) is 33.8. The number of anilines is 1. The second kappa shape index (κ2) is 7.74. The van der Waals surface area contributed by atoms with Crippen LogP contribution in [0.2, 0.25) is 0 Å². The van der Waals surface area contributed by atoms with Gasteiger partial charge in [-0.15, -0.1) is 0 Å². The van der Waals surface area contributed by atoms with Gasteiger partial charge in [-0.2, -0.15) is 0 Å². The molecule has 1 aliphatic rings. The minimum Gasteiger partial charge on any atom is -0.481 e. The average molecular weight is 399 g/mol. The van der Waals surface area contributed by atoms with E-state index in [-0.39, 0.29) is 24.4 Å². The van der Waals surface area contributed by atoms with Crippen molar-refractivity contribution >= 4 is 39.2 Å². The maximum Gasteiger partial charge on any atom is 0.303 e. The number of halogens is 1. The van der Waals surface area contributed by atoms with Gasteiger partial charge in [0.1, 0.15) is 0 Å². The topological polar surface area (TPSA) is 110 Å². The Kier molecular flexibility index (Phi) is 5.93. The summed E-state index contributed by atoms with van der Waals surface area (Å²) in [6.45, 7) is 0. The van der Waals surface area contributed by atoms with Crippen molar-refractivity contribution in [3.8, 4) is 0 Å². The van der Waals surface area contributed by atoms with E-state index < -0.39 is 16.3 Å². The van der Waals surface area contributed by atoms with Crippen LogP contribution >= 0.6 is 15.9 Å². The second-order valence-corrected chi connectivity index (χ2v) is 7.13. The van der Waals surface area contributed by atoms with Crippen molar-refractivity contribution < 1.29 is 19.6 Å². The SMILES string of the molecule is O=C(O)CC1(CC(=O)Nc2ccc([N+](=O)[O-])cc2Br)CCCCC1. The highest BCUT2D eigenvalue weighted by molar-refractivity contribution is 9.10. The molecule has 1 aromatic carbocycles. The van der Waals surface area contributed by atoms with E-state index in [1.807, 2.05) is 0 Å². The number of benzene rings is 1. The first-order valence-electron chi connectivity index (χ1n) is 7.77. The first-order chi connectivity index (χ1) is 11.3. The van der Waals surface area contributed by atoms with E-state index in [1.165, 1.54) is 18.2 Å². The van der Waals surface area contributed by atoms with Gasteiger partial charge in [0.05, 0.1) is 17.0 Å². The molecule has 1 aromatic rings. The van der Waals surface area contributed by atoms with Crippen molar-refractivity contribution in [2.24, 2.45) is 5.41 Å². The summed E-state index contributed by atoms with van der Waals surface area (Å²) < 4.78 is 0.418. The summed E-state index contributed by atoms with van der Waals surface area (Å²) >= 11 is 3.21. The fourth-order valence-electron chi connectivity index (χ4n) is 3.29. The molecule has 1 fully saturated rings. The van der Waals surface area contributed by atoms with E-state index in [1.54, 1.807) is 0 Å². The zero-order valence-corrected chi connectivity index (χ0v) is 14.7. The van der Waals surface area contributed by atoms with Gasteiger partial charge in [0.15, 0.2) is 0 Å². The third-order valence-electron chi connectivity index (χ3n) is 4.41. The van der Waals surface area contributed by atoms with E-state index in [4.69, 9.17) is 5.11 Å². The molecule has 2 N–H and O–H groups in total. The van der Waals surface area contributed by atoms with E-state index in [2.05, 4.69) is 21.2 Å². The number of carboxylic acid groups (broad SMARTS) is 1. The van der Waals surface area contributed by atoms with Gasteiger partial charge in [0, 0.05) is 23.0 Å². The van der Waals surface area contributed by atoms with E-state index in [0.29, 0.717) is 10.2 Å². The van der Waals surface area contributed by atoms with Crippen LogP contribution in [-0.4, -0.2) is 21.9 Å². The monoisotopic (exact) mass is 398 g/mol. The molecule has 130 valence electrons. The highest BCUT2D eigenvalue weighted by Gasteiger charge is 2.36. The van der Waals surface area contributed by atoms with Gasteiger partial charge >= 0.3 is 5.97 Å². The molecule has 1 aliphatic carbocycles. The number of non-ortho nitro benzene ring substituents is 1. The number of nitro groups is 1. The predicted molar refractivity (Wildman–Crippen MR) is 91.8 cm³/mol. The lowest BCUT2D eigenvalue weighted by Gasteiger charge is -2.35. The minimum absolute atomic E-state index is 0.0121. The molecule has 1 saturated carbocycles. The molecule has 0 unspecified atom stereocenters. The van der Waals surface area contributed by atoms with Crippen LogP contribution in [0.5, 0.6) is 0 Å². The predicted octanol–water partition coefficient (Wildman–Crippen LogP) is 4.11. The zero-order chi connectivity index (χ0) is 17.7. The summed E-state index contributed by atoms with van der Waals surface area (Å²) in [5, 5.41) is 22.6. The van der Waals surface area contributed by atoms with Crippen LogP contribution in [0.25, 0.3) is 0 Å². The van der Waals surface area contributed by atoms with Crippen molar-refractivity contribution in [1.82, 2.24) is 0 Å². The van der Waals surface area contributed by atoms with Crippen LogP contribution in [-0.2, 0) is 9.59 Å². The Hall–Kier alpha value is -1.96. The first-order valence-corrected chi connectivity index (χ1v) is 8.56. The van der Waals surface area contributed by atoms with Gasteiger partial charge in [-0.25, -0.2) is 0 Å². The van der Waals surface area contributed by atoms with Crippen LogP contribution in [0.15, 0.2) is 22.7 Å². The van der Waals surface area contributed by atoms with Crippen LogP contribution in [0.4, 0.5) is 11.4 Å². The van der Waals surface area contributed by atoms with Gasteiger partial charge in [-0.3, -0.25) is 19.7 Å². The van der Waals surface area contributed by atoms with Gasteiger partial charge < -0.3 is 10.4 Å². The molecule has 0 heterocycles. The number of amides is 1. The Balaban J connectivity index is 2.08. The van der Waals surface area contributed by atoms with Crippen molar-refractivity contribution in [2.45, 2.75) is 44.9 Å². The van der Waals surface area contributed by atoms with Crippen molar-refractivity contribution in [3.63, 3.8) is 0 Å². The summed E-state index contributed by atoms with van der Waals surface area (Å²) in [7, 11) is 0. The Morgan fingerprint density at radius 2 is 1.92 bits per heavy atom. The number of nitrogens with zero attached hydrogens (tertiary/aromatic N) is 1. The molecule has 0 aliphatic heterocycles. The lowest BCUT2D eigenvalue weighted by atomic mass is 9.69. The molecule has 0 atom stereocenters. The van der Waals surface area contributed by atoms with Crippen molar-refractivity contribution in [3.05, 3.63) is 32.8 Å². The summed E-state index contributed by atoms with van der Waals surface area (Å²) in [6, 6.07) is 4.10. The molecule has 1 amide bonds. The molecule has 0 bridgehead atoms. The van der Waals surface area contributed by atoms with Gasteiger partial charge in [-0.1, -0.05) is 19.3 Å². The smallest absolute Gasteiger partial charge is 0.303 e. The molecule has 7 nitrogen and oxygen atoms in total. The number of carboxylic acids is 1. The third kappa shape index (κ3) is 4.77. The highest BCUT2D eigenvalue weighted by atomic mass is 79.9. The number of aliphatic carboxylic acids is 1. The Morgan fingerprint density at radius 1 is 1.25 bits per heavy atom. The molecule has 0 radical (unpaired) electrons. The zero-order valence-electron chi connectivity index (χ0n) is 13.1. The number of rotatable bonds is 6. The van der Waals surface area contributed by atoms with Crippen molar-refractivity contribution in [2.75, 3.05) is 5.32 Å². The molecule has 24 heavy (non-hydrogen) atoms. The summed E-state index contributed by atoms with van der Waals surface area (Å²) in [5.74, 6) is -1.16. The third-order valence-corrected chi connectivity index (χ3v) is 5.07. The van der Waals surface area contributed by atoms with Crippen LogP contribution in [0, 0.1) is 15.5 Å². The number of hydrogen-bond donors (Lipinski definition) is 2. The number of nitro benzene ring substituents is 1. The fourth-order valence-corrected chi connectivity index (χ4v) is 3.76. The molecule has 0 saturated heterocycles. The highest BCUT2D eigenvalue weighted by Crippen LogP contribution is 2.42. The van der Waals surface area contributed by atoms with E-state index in [9.17, 15) is 19.7 Å². The van der Waals surface area contributed by atoms with Gasteiger partial charge in [0.25, 0.3) is 5.69 Å². The number of hydrogen-bond acceptors (Lipinski definition) is 4. The van der Waals surface area contributed by atoms with E-state index >= 15 is 0 Å². The first kappa shape index (κ1) is 18.4. The molecule has 0 spiro atoms. The van der Waals surface area contributed by atoms with Gasteiger partial charge in [0.2, 0.25) is 5.91 Å². The lowest BCUT2D eigenvalue weighted by molar-refractivity contribution is -0.384. The number of nitrogens with one attached hydrogen (secondary N) is 1. The quantitative estimate of drug-likeness (QED) is 0.553. The van der Waals surface area contributed by atoms with Crippen molar-refractivity contribution in [1.29, 1.82) is 0 Å². The Morgan fingerprint density at radius 3 is 2.46 bits per heavy atom. The number of carbonyl (C=O) groups excluding carboxylic acids is 1. The molecular formula is C16H19BrN2O5. The molecule has 8 heteroatoms. The van der Waals surface area contributed by atoms with Crippen LogP contribution in [0.1, 0.15) is 44.9 Å². The fraction of sp³-hybridized carbons (Fsp3) is 0.500. The Labute approximate surface area is 147 Å². The standard InChI is InChI=1S/C16H19BrN2O5/c17-12-8-11(19(23)24)4-5-13(12)18-14(20)9-16(10-15(21)22)6-2-1-3-7-16/h4-5,8H,1-3,6-7,9-10H2,(H,18,20)(H,21,22). The Bertz CT molecular complexity index is 656. The lowest BCUT2D eigenvalue weighted by Crippen LogP contribution is -2.32. The largest absolute Gasteiger partial charge is 0.481 e. The van der Waals surface area contributed by atoms with Crippen LogP contribution < -0.4 is 5.32 Å². The average Bonchev–Trinajstić information content (AvgIpc) is 2.49. The summed E-state index contributed by atoms with van der Waals surface area (Å²) in [5.41, 5.74) is -0.136. The van der Waals surface area contributed by atoms with Gasteiger partial charge in [-0.05, 0) is 40.3 Å². The molecule has 0 aromatic heterocycles. The minimum atomic E-state index is -0.888. The van der Waals surface area contributed by atoms with Crippen LogP contribution in [0.3, 0.4) is 0 Å². The molecular weight excluding hydrogens is 380 g/mol. The molecule has 2 rings (SSSR count). The maximum absolute atomic E-state index is 12.4. The van der Waals surface area contributed by atoms with E-state index in [0.717, 1.165) is 32.1 Å². The summed E-state index contributed by atoms with van der Waals surface area (Å²) in [6.07, 6.45) is 4.52.